The molecule has 1 aliphatic heterocycles. The molecule has 1 aliphatic rings. The molecule has 0 atom stereocenters. The van der Waals surface area contributed by atoms with Crippen LogP contribution in [0, 0.1) is 6.92 Å². The third-order valence-corrected chi connectivity index (χ3v) is 2.27. The van der Waals surface area contributed by atoms with Gasteiger partial charge in [-0.05, 0) is 18.6 Å². The topological polar surface area (TPSA) is 18.5 Å². The average Bonchev–Trinajstić information content (AvgIpc) is 2.45. The molecule has 0 bridgehead atoms. The summed E-state index contributed by atoms with van der Waals surface area (Å²) in [7, 11) is 0. The summed E-state index contributed by atoms with van der Waals surface area (Å²) < 4.78 is 10.4. The minimum absolute atomic E-state index is 0.312. The minimum atomic E-state index is 0.312. The van der Waals surface area contributed by atoms with Gasteiger partial charge in [0.05, 0.1) is 4.90 Å². The summed E-state index contributed by atoms with van der Waals surface area (Å²) in [5.41, 5.74) is 1.11. The molecule has 1 aromatic rings. The Balaban J connectivity index is 2.62. The predicted molar refractivity (Wildman–Crippen MR) is 44.6 cm³/mol. The van der Waals surface area contributed by atoms with E-state index >= 15 is 0 Å². The van der Waals surface area contributed by atoms with Crippen LogP contribution in [0.1, 0.15) is 5.56 Å². The Morgan fingerprint density at radius 2 is 2.18 bits per heavy atom. The van der Waals surface area contributed by atoms with E-state index in [1.54, 1.807) is 0 Å². The van der Waals surface area contributed by atoms with E-state index in [2.05, 4.69) is 12.6 Å². The molecule has 58 valence electrons. The molecule has 2 rings (SSSR count). The van der Waals surface area contributed by atoms with Crippen LogP contribution < -0.4 is 9.47 Å². The molecule has 0 aliphatic carbocycles. The van der Waals surface area contributed by atoms with E-state index < -0.39 is 0 Å². The number of fused-ring (bicyclic) bond motifs is 1. The number of ether oxygens (including phenoxy) is 2. The van der Waals surface area contributed by atoms with Crippen molar-refractivity contribution in [2.45, 2.75) is 11.8 Å². The fraction of sp³-hybridized carbons (Fsp3) is 0.250. The lowest BCUT2D eigenvalue weighted by atomic mass is 10.2. The van der Waals surface area contributed by atoms with Crippen LogP contribution in [0.2, 0.25) is 0 Å². The van der Waals surface area contributed by atoms with Gasteiger partial charge in [-0.25, -0.2) is 0 Å². The Morgan fingerprint density at radius 1 is 1.36 bits per heavy atom. The van der Waals surface area contributed by atoms with Crippen molar-refractivity contribution >= 4 is 12.6 Å². The van der Waals surface area contributed by atoms with Crippen LogP contribution in [0.3, 0.4) is 0 Å². The molecule has 1 heterocycles. The van der Waals surface area contributed by atoms with E-state index in [4.69, 9.17) is 9.47 Å². The van der Waals surface area contributed by atoms with Gasteiger partial charge in [0.25, 0.3) is 0 Å². The SMILES string of the molecule is Cc1ccc2c(c1S)OCO2. The van der Waals surface area contributed by atoms with Crippen LogP contribution in [0.15, 0.2) is 17.0 Å². The fourth-order valence-corrected chi connectivity index (χ4v) is 1.31. The molecule has 0 amide bonds. The van der Waals surface area contributed by atoms with Crippen LogP contribution in [-0.2, 0) is 0 Å². The average molecular weight is 168 g/mol. The lowest BCUT2D eigenvalue weighted by molar-refractivity contribution is 0.172. The van der Waals surface area contributed by atoms with E-state index in [1.165, 1.54) is 0 Å². The second-order valence-electron chi connectivity index (χ2n) is 2.46. The summed E-state index contributed by atoms with van der Waals surface area (Å²) in [6, 6.07) is 3.87. The Kier molecular flexibility index (Phi) is 1.46. The first-order valence-electron chi connectivity index (χ1n) is 3.37. The first-order chi connectivity index (χ1) is 5.29. The lowest BCUT2D eigenvalue weighted by Gasteiger charge is -2.01. The smallest absolute Gasteiger partial charge is 0.231 e. The maximum absolute atomic E-state index is 5.21. The molecule has 1 aromatic carbocycles. The molecule has 0 fully saturated rings. The molecule has 0 radical (unpaired) electrons. The van der Waals surface area contributed by atoms with Crippen molar-refractivity contribution in [1.29, 1.82) is 0 Å². The van der Waals surface area contributed by atoms with Crippen molar-refractivity contribution in [2.75, 3.05) is 6.79 Å². The molecule has 3 heteroatoms. The van der Waals surface area contributed by atoms with Gasteiger partial charge in [-0.2, -0.15) is 0 Å². The molecule has 0 saturated carbocycles. The van der Waals surface area contributed by atoms with Gasteiger partial charge in [-0.15, -0.1) is 12.6 Å². The molecule has 2 nitrogen and oxygen atoms in total. The monoisotopic (exact) mass is 168 g/mol. The summed E-state index contributed by atoms with van der Waals surface area (Å²) in [4.78, 5) is 0.875. The number of thiol groups is 1. The third-order valence-electron chi connectivity index (χ3n) is 1.71. The van der Waals surface area contributed by atoms with Crippen LogP contribution in [-0.4, -0.2) is 6.79 Å². The first kappa shape index (κ1) is 6.85. The van der Waals surface area contributed by atoms with Crippen LogP contribution >= 0.6 is 12.6 Å². The number of benzene rings is 1. The first-order valence-corrected chi connectivity index (χ1v) is 3.82. The van der Waals surface area contributed by atoms with Crippen molar-refractivity contribution in [2.24, 2.45) is 0 Å². The molecule has 0 N–H and O–H groups in total. The standard InChI is InChI=1S/C8H8O2S/c1-5-2-3-6-7(8(5)11)10-4-9-6/h2-3,11H,4H2,1H3. The summed E-state index contributed by atoms with van der Waals surface area (Å²) >= 11 is 4.30. The Labute approximate surface area is 70.5 Å². The summed E-state index contributed by atoms with van der Waals surface area (Å²) in [6.45, 7) is 2.30. The van der Waals surface area contributed by atoms with E-state index in [0.717, 1.165) is 22.0 Å². The third kappa shape index (κ3) is 0.959. The predicted octanol–water partition coefficient (Wildman–Crippen LogP) is 2.01. The van der Waals surface area contributed by atoms with E-state index in [1.807, 2.05) is 19.1 Å². The van der Waals surface area contributed by atoms with E-state index in [-0.39, 0.29) is 0 Å². The molecule has 0 saturated heterocycles. The summed E-state index contributed by atoms with van der Waals surface area (Å²) in [5.74, 6) is 1.56. The quantitative estimate of drug-likeness (QED) is 0.597. The minimum Gasteiger partial charge on any atom is -0.454 e. The normalized spacial score (nSPS) is 13.6. The maximum Gasteiger partial charge on any atom is 0.231 e. The number of hydrogen-bond donors (Lipinski definition) is 1. The van der Waals surface area contributed by atoms with Gasteiger partial charge in [-0.1, -0.05) is 6.07 Å². The van der Waals surface area contributed by atoms with Gasteiger partial charge in [0.2, 0.25) is 6.79 Å². The van der Waals surface area contributed by atoms with Gasteiger partial charge in [0, 0.05) is 0 Å². The van der Waals surface area contributed by atoms with Crippen LogP contribution in [0.25, 0.3) is 0 Å². The summed E-state index contributed by atoms with van der Waals surface area (Å²) in [6.07, 6.45) is 0. The van der Waals surface area contributed by atoms with Gasteiger partial charge in [-0.3, -0.25) is 0 Å². The number of rotatable bonds is 0. The molecule has 11 heavy (non-hydrogen) atoms. The fourth-order valence-electron chi connectivity index (χ4n) is 1.06. The Hall–Kier alpha value is -0.830. The molecule has 0 unspecified atom stereocenters. The zero-order valence-electron chi connectivity index (χ0n) is 6.13. The highest BCUT2D eigenvalue weighted by Gasteiger charge is 2.16. The maximum atomic E-state index is 5.21. The molecule has 0 aromatic heterocycles. The van der Waals surface area contributed by atoms with E-state index in [9.17, 15) is 0 Å². The summed E-state index contributed by atoms with van der Waals surface area (Å²) in [5, 5.41) is 0. The van der Waals surface area contributed by atoms with Gasteiger partial charge >= 0.3 is 0 Å². The van der Waals surface area contributed by atoms with Crippen LogP contribution in [0.4, 0.5) is 0 Å². The highest BCUT2D eigenvalue weighted by atomic mass is 32.1. The van der Waals surface area contributed by atoms with Gasteiger partial charge < -0.3 is 9.47 Å². The van der Waals surface area contributed by atoms with Crippen molar-refractivity contribution < 1.29 is 9.47 Å². The second-order valence-corrected chi connectivity index (χ2v) is 2.91. The van der Waals surface area contributed by atoms with Crippen molar-refractivity contribution in [1.82, 2.24) is 0 Å². The number of hydrogen-bond acceptors (Lipinski definition) is 3. The highest BCUT2D eigenvalue weighted by Crippen LogP contribution is 2.39. The zero-order valence-corrected chi connectivity index (χ0v) is 7.02. The Morgan fingerprint density at radius 3 is 3.00 bits per heavy atom. The van der Waals surface area contributed by atoms with Crippen molar-refractivity contribution in [3.63, 3.8) is 0 Å². The van der Waals surface area contributed by atoms with Gasteiger partial charge in [0.15, 0.2) is 11.5 Å². The largest absolute Gasteiger partial charge is 0.454 e. The van der Waals surface area contributed by atoms with Gasteiger partial charge in [0.1, 0.15) is 0 Å². The zero-order chi connectivity index (χ0) is 7.84. The highest BCUT2D eigenvalue weighted by molar-refractivity contribution is 7.80. The van der Waals surface area contributed by atoms with E-state index in [0.29, 0.717) is 6.79 Å². The molecular formula is C8H8O2S. The molecular weight excluding hydrogens is 160 g/mol. The lowest BCUT2D eigenvalue weighted by Crippen LogP contribution is -1.93. The van der Waals surface area contributed by atoms with Crippen molar-refractivity contribution in [3.05, 3.63) is 17.7 Å². The van der Waals surface area contributed by atoms with Crippen LogP contribution in [0.5, 0.6) is 11.5 Å². The molecule has 0 spiro atoms. The Bertz CT molecular complexity index is 296. The second kappa shape index (κ2) is 2.34. The number of aryl methyl sites for hydroxylation is 1. The van der Waals surface area contributed by atoms with Crippen molar-refractivity contribution in [3.8, 4) is 11.5 Å².